The monoisotopic (exact) mass is 322 g/mol. The van der Waals surface area contributed by atoms with Crippen LogP contribution in [0.1, 0.15) is 24.9 Å². The molecule has 0 aliphatic rings. The van der Waals surface area contributed by atoms with Crippen LogP contribution in [-0.4, -0.2) is 22.5 Å². The second kappa shape index (κ2) is 8.27. The molecule has 0 aliphatic heterocycles. The lowest BCUT2D eigenvalue weighted by atomic mass is 10.1. The molecule has 0 saturated heterocycles. The number of aliphatic hydroxyl groups excluding tert-OH is 1. The van der Waals surface area contributed by atoms with Crippen molar-refractivity contribution in [2.45, 2.75) is 24.3 Å². The Morgan fingerprint density at radius 1 is 1.29 bits per heavy atom. The van der Waals surface area contributed by atoms with Gasteiger partial charge in [-0.3, -0.25) is 0 Å². The molecule has 2 rings (SSSR count). The Hall–Kier alpha value is -1.23. The zero-order valence-corrected chi connectivity index (χ0v) is 13.5. The van der Waals surface area contributed by atoms with Crippen LogP contribution < -0.4 is 5.32 Å². The van der Waals surface area contributed by atoms with E-state index >= 15 is 0 Å². The molecule has 0 aliphatic carbocycles. The first-order chi connectivity index (χ1) is 10.2. The molecule has 112 valence electrons. The van der Waals surface area contributed by atoms with Gasteiger partial charge in [-0.25, -0.2) is 4.98 Å². The number of aliphatic hydroxyl groups is 1. The van der Waals surface area contributed by atoms with Crippen LogP contribution in [0.4, 0.5) is 5.69 Å². The van der Waals surface area contributed by atoms with Crippen molar-refractivity contribution in [3.8, 4) is 0 Å². The smallest absolute Gasteiger partial charge is 0.134 e. The predicted octanol–water partition coefficient (Wildman–Crippen LogP) is 4.38. The first-order valence-electron chi connectivity index (χ1n) is 6.91. The first kappa shape index (κ1) is 16.1. The summed E-state index contributed by atoms with van der Waals surface area (Å²) in [7, 11) is 0. The quantitative estimate of drug-likeness (QED) is 0.451. The zero-order valence-electron chi connectivity index (χ0n) is 11.9. The van der Waals surface area contributed by atoms with Gasteiger partial charge in [0.25, 0.3) is 0 Å². The molecule has 0 fully saturated rings. The average molecular weight is 323 g/mol. The molecule has 2 aromatic rings. The molecule has 3 nitrogen and oxygen atoms in total. The van der Waals surface area contributed by atoms with E-state index < -0.39 is 0 Å². The minimum absolute atomic E-state index is 0.0964. The number of anilines is 1. The largest absolute Gasteiger partial charge is 0.396 e. The van der Waals surface area contributed by atoms with Gasteiger partial charge < -0.3 is 10.4 Å². The van der Waals surface area contributed by atoms with Crippen LogP contribution in [-0.2, 0) is 0 Å². The molecule has 1 heterocycles. The fourth-order valence-corrected chi connectivity index (χ4v) is 3.07. The van der Waals surface area contributed by atoms with Gasteiger partial charge in [0.05, 0.1) is 6.04 Å². The Bertz CT molecular complexity index is 562. The van der Waals surface area contributed by atoms with E-state index in [0.29, 0.717) is 5.15 Å². The van der Waals surface area contributed by atoms with Crippen LogP contribution in [0.3, 0.4) is 0 Å². The summed E-state index contributed by atoms with van der Waals surface area (Å²) in [6.07, 6.45) is 2.51. The highest BCUT2D eigenvalue weighted by Gasteiger charge is 2.09. The van der Waals surface area contributed by atoms with Crippen molar-refractivity contribution in [2.75, 3.05) is 17.7 Å². The maximum atomic E-state index is 8.78. The summed E-state index contributed by atoms with van der Waals surface area (Å²) in [5.74, 6) is 0.935. The van der Waals surface area contributed by atoms with Crippen molar-refractivity contribution in [1.29, 1.82) is 0 Å². The Morgan fingerprint density at radius 3 is 2.71 bits per heavy atom. The number of rotatable bonds is 7. The molecule has 21 heavy (non-hydrogen) atoms. The second-order valence-corrected chi connectivity index (χ2v) is 6.23. The third-order valence-electron chi connectivity index (χ3n) is 3.06. The highest BCUT2D eigenvalue weighted by Crippen LogP contribution is 2.26. The highest BCUT2D eigenvalue weighted by molar-refractivity contribution is 7.99. The lowest BCUT2D eigenvalue weighted by Crippen LogP contribution is -2.07. The SMILES string of the molecule is CC(Nc1ccc(SCCCO)cc1)c1cccnc1Cl. The lowest BCUT2D eigenvalue weighted by Gasteiger charge is -2.16. The van der Waals surface area contributed by atoms with E-state index in [4.69, 9.17) is 16.7 Å². The normalized spacial score (nSPS) is 12.1. The van der Waals surface area contributed by atoms with E-state index in [1.807, 2.05) is 12.1 Å². The molecular weight excluding hydrogens is 304 g/mol. The summed E-state index contributed by atoms with van der Waals surface area (Å²) in [4.78, 5) is 5.31. The molecule has 0 bridgehead atoms. The van der Waals surface area contributed by atoms with Gasteiger partial charge in [-0.15, -0.1) is 11.8 Å². The van der Waals surface area contributed by atoms with Gasteiger partial charge in [-0.2, -0.15) is 0 Å². The standard InChI is InChI=1S/C16H19ClN2OS/c1-12(15-4-2-9-18-16(15)17)19-13-5-7-14(8-6-13)21-11-3-10-20/h2,4-9,12,19-20H,3,10-11H2,1H3. The Labute approximate surface area is 134 Å². The number of thioether (sulfide) groups is 1. The van der Waals surface area contributed by atoms with E-state index in [1.165, 1.54) is 4.90 Å². The number of pyridine rings is 1. The number of hydrogen-bond donors (Lipinski definition) is 2. The summed E-state index contributed by atoms with van der Waals surface area (Å²) in [6, 6.07) is 12.2. The van der Waals surface area contributed by atoms with Crippen LogP contribution in [0.25, 0.3) is 0 Å². The Kier molecular flexibility index (Phi) is 6.36. The molecule has 5 heteroatoms. The van der Waals surface area contributed by atoms with Crippen molar-refractivity contribution in [2.24, 2.45) is 0 Å². The minimum atomic E-state index is 0.0964. The zero-order chi connectivity index (χ0) is 15.1. The lowest BCUT2D eigenvalue weighted by molar-refractivity contribution is 0.296. The molecule has 1 aromatic heterocycles. The summed E-state index contributed by atoms with van der Waals surface area (Å²) in [5.41, 5.74) is 2.04. The molecule has 1 unspecified atom stereocenters. The van der Waals surface area contributed by atoms with Gasteiger partial charge in [-0.1, -0.05) is 17.7 Å². The van der Waals surface area contributed by atoms with Crippen LogP contribution in [0.5, 0.6) is 0 Å². The van der Waals surface area contributed by atoms with Crippen molar-refractivity contribution in [3.63, 3.8) is 0 Å². The number of hydrogen-bond acceptors (Lipinski definition) is 4. The molecule has 0 amide bonds. The van der Waals surface area contributed by atoms with Gasteiger partial charge in [0.15, 0.2) is 0 Å². The van der Waals surface area contributed by atoms with Crippen molar-refractivity contribution >= 4 is 29.1 Å². The van der Waals surface area contributed by atoms with E-state index in [1.54, 1.807) is 18.0 Å². The molecule has 1 atom stereocenters. The average Bonchev–Trinajstić information content (AvgIpc) is 2.49. The fourth-order valence-electron chi connectivity index (χ4n) is 1.95. The number of aromatic nitrogens is 1. The van der Waals surface area contributed by atoms with E-state index in [9.17, 15) is 0 Å². The van der Waals surface area contributed by atoms with Crippen LogP contribution >= 0.6 is 23.4 Å². The van der Waals surface area contributed by atoms with Gasteiger partial charge >= 0.3 is 0 Å². The van der Waals surface area contributed by atoms with Crippen molar-refractivity contribution in [1.82, 2.24) is 4.98 Å². The van der Waals surface area contributed by atoms with E-state index in [-0.39, 0.29) is 12.6 Å². The van der Waals surface area contributed by atoms with Gasteiger partial charge in [0, 0.05) is 34.7 Å². The molecule has 0 saturated carbocycles. The van der Waals surface area contributed by atoms with Crippen LogP contribution in [0.15, 0.2) is 47.5 Å². The summed E-state index contributed by atoms with van der Waals surface area (Å²) < 4.78 is 0. The van der Waals surface area contributed by atoms with E-state index in [0.717, 1.165) is 23.4 Å². The highest BCUT2D eigenvalue weighted by atomic mass is 35.5. The molecule has 0 radical (unpaired) electrons. The Balaban J connectivity index is 1.95. The van der Waals surface area contributed by atoms with Gasteiger partial charge in [-0.05, 0) is 43.7 Å². The van der Waals surface area contributed by atoms with Crippen molar-refractivity contribution < 1.29 is 5.11 Å². The van der Waals surface area contributed by atoms with E-state index in [2.05, 4.69) is 41.5 Å². The molecule has 1 aromatic carbocycles. The third kappa shape index (κ3) is 4.92. The number of benzene rings is 1. The number of nitrogens with one attached hydrogen (secondary N) is 1. The van der Waals surface area contributed by atoms with Crippen LogP contribution in [0, 0.1) is 0 Å². The Morgan fingerprint density at radius 2 is 2.05 bits per heavy atom. The summed E-state index contributed by atoms with van der Waals surface area (Å²) in [5, 5.41) is 12.7. The van der Waals surface area contributed by atoms with Crippen LogP contribution in [0.2, 0.25) is 5.15 Å². The molecule has 0 spiro atoms. The van der Waals surface area contributed by atoms with Gasteiger partial charge in [0.1, 0.15) is 5.15 Å². The second-order valence-electron chi connectivity index (χ2n) is 4.70. The maximum absolute atomic E-state index is 8.78. The molecular formula is C16H19ClN2OS. The maximum Gasteiger partial charge on any atom is 0.134 e. The third-order valence-corrected chi connectivity index (χ3v) is 4.48. The molecule has 2 N–H and O–H groups in total. The summed E-state index contributed by atoms with van der Waals surface area (Å²) in [6.45, 7) is 2.31. The topological polar surface area (TPSA) is 45.1 Å². The number of halogens is 1. The van der Waals surface area contributed by atoms with Gasteiger partial charge in [0.2, 0.25) is 0 Å². The minimum Gasteiger partial charge on any atom is -0.396 e. The fraction of sp³-hybridized carbons (Fsp3) is 0.312. The summed E-state index contributed by atoms with van der Waals surface area (Å²) >= 11 is 7.86. The number of nitrogens with zero attached hydrogens (tertiary/aromatic N) is 1. The predicted molar refractivity (Wildman–Crippen MR) is 90.2 cm³/mol. The first-order valence-corrected chi connectivity index (χ1v) is 8.27. The van der Waals surface area contributed by atoms with Crippen molar-refractivity contribution in [3.05, 3.63) is 53.3 Å².